The summed E-state index contributed by atoms with van der Waals surface area (Å²) in [6, 6.07) is 0.632. The van der Waals surface area contributed by atoms with Crippen molar-refractivity contribution >= 4 is 0 Å². The first-order chi connectivity index (χ1) is 3.72. The summed E-state index contributed by atoms with van der Waals surface area (Å²) in [6.45, 7) is 8.01. The van der Waals surface area contributed by atoms with Crippen LogP contribution in [0.5, 0.6) is 0 Å². The summed E-state index contributed by atoms with van der Waals surface area (Å²) in [6.07, 6.45) is 3.04. The highest BCUT2D eigenvalue weighted by Gasteiger charge is 1.97. The minimum Gasteiger partial charge on any atom is -0.378 e. The molecule has 0 saturated heterocycles. The molecular formula is C7H15N. The fraction of sp³-hybridized carbons (Fsp3) is 0.714. The lowest BCUT2D eigenvalue weighted by atomic mass is 10.2. The van der Waals surface area contributed by atoms with Crippen molar-refractivity contribution in [3.63, 3.8) is 0 Å². The van der Waals surface area contributed by atoms with Crippen molar-refractivity contribution in [3.8, 4) is 0 Å². The largest absolute Gasteiger partial charge is 0.378 e. The molecule has 1 heteroatoms. The predicted octanol–water partition coefficient (Wildman–Crippen LogP) is 1.86. The van der Waals surface area contributed by atoms with Crippen LogP contribution in [0, 0.1) is 0 Å². The average molecular weight is 113 g/mol. The Morgan fingerprint density at radius 2 is 2.25 bits per heavy atom. The average Bonchev–Trinajstić information content (AvgIpc) is 1.84. The van der Waals surface area contributed by atoms with Gasteiger partial charge in [-0.05, 0) is 19.5 Å². The van der Waals surface area contributed by atoms with E-state index >= 15 is 0 Å². The van der Waals surface area contributed by atoms with E-state index in [9.17, 15) is 0 Å². The van der Waals surface area contributed by atoms with Crippen molar-refractivity contribution < 1.29 is 0 Å². The second kappa shape index (κ2) is 3.53. The van der Waals surface area contributed by atoms with Crippen LogP contribution in [0.3, 0.4) is 0 Å². The highest BCUT2D eigenvalue weighted by Crippen LogP contribution is 1.97. The van der Waals surface area contributed by atoms with Gasteiger partial charge in [0.2, 0.25) is 0 Å². The summed E-state index contributed by atoms with van der Waals surface area (Å²) in [7, 11) is 2.04. The van der Waals surface area contributed by atoms with Gasteiger partial charge >= 0.3 is 0 Å². The Morgan fingerprint density at radius 3 is 2.38 bits per heavy atom. The molecule has 0 N–H and O–H groups in total. The van der Waals surface area contributed by atoms with E-state index in [4.69, 9.17) is 0 Å². The molecule has 0 saturated carbocycles. The van der Waals surface area contributed by atoms with Gasteiger partial charge in [-0.1, -0.05) is 13.5 Å². The number of rotatable bonds is 3. The van der Waals surface area contributed by atoms with E-state index in [1.807, 2.05) is 13.2 Å². The minimum atomic E-state index is 0.632. The Morgan fingerprint density at radius 1 is 1.75 bits per heavy atom. The first kappa shape index (κ1) is 7.54. The Labute approximate surface area is 52.0 Å². The summed E-state index contributed by atoms with van der Waals surface area (Å²) in [4.78, 5) is 2.11. The van der Waals surface area contributed by atoms with E-state index in [0.717, 1.165) is 0 Å². The van der Waals surface area contributed by atoms with Gasteiger partial charge in [-0.2, -0.15) is 0 Å². The number of nitrogens with zero attached hydrogens (tertiary/aromatic N) is 1. The van der Waals surface area contributed by atoms with Crippen LogP contribution >= 0.6 is 0 Å². The van der Waals surface area contributed by atoms with E-state index in [0.29, 0.717) is 6.04 Å². The zero-order valence-corrected chi connectivity index (χ0v) is 6.02. The molecule has 1 nitrogen and oxygen atoms in total. The summed E-state index contributed by atoms with van der Waals surface area (Å²) < 4.78 is 0. The van der Waals surface area contributed by atoms with Crippen molar-refractivity contribution in [2.75, 3.05) is 7.05 Å². The minimum absolute atomic E-state index is 0.632. The van der Waals surface area contributed by atoms with Gasteiger partial charge in [0.25, 0.3) is 0 Å². The van der Waals surface area contributed by atoms with Gasteiger partial charge < -0.3 is 4.90 Å². The summed E-state index contributed by atoms with van der Waals surface area (Å²) >= 11 is 0. The molecule has 0 aromatic rings. The van der Waals surface area contributed by atoms with Gasteiger partial charge in [0.15, 0.2) is 0 Å². The van der Waals surface area contributed by atoms with Crippen LogP contribution in [-0.2, 0) is 0 Å². The molecule has 0 aliphatic heterocycles. The molecule has 0 bridgehead atoms. The maximum Gasteiger partial charge on any atom is 0.0250 e. The monoisotopic (exact) mass is 113 g/mol. The second-order valence-corrected chi connectivity index (χ2v) is 2.11. The second-order valence-electron chi connectivity index (χ2n) is 2.11. The molecule has 1 unspecified atom stereocenters. The van der Waals surface area contributed by atoms with Crippen LogP contribution in [0.4, 0.5) is 0 Å². The van der Waals surface area contributed by atoms with Crippen molar-refractivity contribution in [3.05, 3.63) is 12.8 Å². The van der Waals surface area contributed by atoms with Crippen molar-refractivity contribution in [2.45, 2.75) is 26.3 Å². The van der Waals surface area contributed by atoms with Crippen LogP contribution < -0.4 is 0 Å². The lowest BCUT2D eigenvalue weighted by Gasteiger charge is -2.20. The standard InChI is InChI=1S/C7H15N/c1-5-7(3)8(4)6-2/h6-7H,2,5H2,1,3-4H3. The van der Waals surface area contributed by atoms with Gasteiger partial charge in [0, 0.05) is 13.1 Å². The quantitative estimate of drug-likeness (QED) is 0.540. The molecule has 0 spiro atoms. The third-order valence-corrected chi connectivity index (χ3v) is 1.57. The molecule has 1 atom stereocenters. The number of hydrogen-bond acceptors (Lipinski definition) is 1. The van der Waals surface area contributed by atoms with E-state index in [1.54, 1.807) is 0 Å². The third kappa shape index (κ3) is 2.01. The summed E-state index contributed by atoms with van der Waals surface area (Å²) in [5.74, 6) is 0. The molecule has 0 fully saturated rings. The fourth-order valence-corrected chi connectivity index (χ4v) is 0.468. The third-order valence-electron chi connectivity index (χ3n) is 1.57. The van der Waals surface area contributed by atoms with Crippen molar-refractivity contribution in [1.29, 1.82) is 0 Å². The molecule has 48 valence electrons. The summed E-state index contributed by atoms with van der Waals surface area (Å²) in [5, 5.41) is 0. The van der Waals surface area contributed by atoms with Gasteiger partial charge in [-0.15, -0.1) is 0 Å². The molecule has 8 heavy (non-hydrogen) atoms. The van der Waals surface area contributed by atoms with E-state index < -0.39 is 0 Å². The van der Waals surface area contributed by atoms with Crippen LogP contribution in [-0.4, -0.2) is 18.0 Å². The Bertz CT molecular complexity index is 68.8. The van der Waals surface area contributed by atoms with Gasteiger partial charge in [0.1, 0.15) is 0 Å². The first-order valence-corrected chi connectivity index (χ1v) is 3.06. The van der Waals surface area contributed by atoms with E-state index in [-0.39, 0.29) is 0 Å². The topological polar surface area (TPSA) is 3.24 Å². The van der Waals surface area contributed by atoms with E-state index in [1.165, 1.54) is 6.42 Å². The van der Waals surface area contributed by atoms with Crippen molar-refractivity contribution in [1.82, 2.24) is 4.90 Å². The highest BCUT2D eigenvalue weighted by atomic mass is 15.1. The summed E-state index contributed by atoms with van der Waals surface area (Å²) in [5.41, 5.74) is 0. The van der Waals surface area contributed by atoms with Crippen LogP contribution in [0.2, 0.25) is 0 Å². The smallest absolute Gasteiger partial charge is 0.0250 e. The first-order valence-electron chi connectivity index (χ1n) is 3.06. The predicted molar refractivity (Wildman–Crippen MR) is 37.7 cm³/mol. The van der Waals surface area contributed by atoms with Gasteiger partial charge in [0.05, 0.1) is 0 Å². The molecule has 0 radical (unpaired) electrons. The fourth-order valence-electron chi connectivity index (χ4n) is 0.468. The zero-order valence-electron chi connectivity index (χ0n) is 6.02. The highest BCUT2D eigenvalue weighted by molar-refractivity contribution is 4.71. The van der Waals surface area contributed by atoms with Crippen molar-refractivity contribution in [2.24, 2.45) is 0 Å². The lowest BCUT2D eigenvalue weighted by molar-refractivity contribution is 0.344. The zero-order chi connectivity index (χ0) is 6.57. The lowest BCUT2D eigenvalue weighted by Crippen LogP contribution is -2.21. The molecule has 0 rings (SSSR count). The molecule has 0 heterocycles. The maximum absolute atomic E-state index is 3.66. The van der Waals surface area contributed by atoms with E-state index in [2.05, 4.69) is 25.3 Å². The molecule has 0 aliphatic rings. The molecule has 0 aromatic heterocycles. The molecule has 0 amide bonds. The van der Waals surface area contributed by atoms with Crippen LogP contribution in [0.1, 0.15) is 20.3 Å². The SMILES string of the molecule is C=CN(C)C(C)CC. The Kier molecular flexibility index (Phi) is 3.33. The Hall–Kier alpha value is -0.460. The molecule has 0 aliphatic carbocycles. The maximum atomic E-state index is 3.66. The van der Waals surface area contributed by atoms with Gasteiger partial charge in [-0.25, -0.2) is 0 Å². The van der Waals surface area contributed by atoms with Crippen LogP contribution in [0.15, 0.2) is 12.8 Å². The van der Waals surface area contributed by atoms with Gasteiger partial charge in [-0.3, -0.25) is 0 Å². The number of hydrogen-bond donors (Lipinski definition) is 0. The molecule has 0 aromatic carbocycles. The van der Waals surface area contributed by atoms with Crippen LogP contribution in [0.25, 0.3) is 0 Å². The normalized spacial score (nSPS) is 12.9. The Balaban J connectivity index is 3.44. The molecular weight excluding hydrogens is 98.1 g/mol.